The largest absolute Gasteiger partial charge is 0.493 e. The zero-order chi connectivity index (χ0) is 15.2. The molecule has 3 nitrogen and oxygen atoms in total. The summed E-state index contributed by atoms with van der Waals surface area (Å²) in [6.07, 6.45) is 10.8. The van der Waals surface area contributed by atoms with Crippen molar-refractivity contribution >= 4 is 5.69 Å². The van der Waals surface area contributed by atoms with Crippen molar-refractivity contribution in [3.8, 4) is 5.75 Å². The van der Waals surface area contributed by atoms with E-state index < -0.39 is 0 Å². The number of aromatic nitrogens is 1. The summed E-state index contributed by atoms with van der Waals surface area (Å²) in [7, 11) is 0. The minimum absolute atomic E-state index is 0.749. The first-order valence-electron chi connectivity index (χ1n) is 8.26. The van der Waals surface area contributed by atoms with E-state index in [0.717, 1.165) is 30.5 Å². The Bertz CT molecular complexity index is 571. The van der Waals surface area contributed by atoms with Gasteiger partial charge in [-0.15, -0.1) is 0 Å². The Morgan fingerprint density at radius 1 is 0.955 bits per heavy atom. The van der Waals surface area contributed by atoms with Crippen molar-refractivity contribution in [2.45, 2.75) is 38.6 Å². The van der Waals surface area contributed by atoms with Crippen LogP contribution in [0, 0.1) is 5.92 Å². The van der Waals surface area contributed by atoms with Crippen molar-refractivity contribution in [1.29, 1.82) is 0 Å². The van der Waals surface area contributed by atoms with E-state index in [4.69, 9.17) is 10.5 Å². The third-order valence-corrected chi connectivity index (χ3v) is 4.42. The molecule has 1 aromatic carbocycles. The van der Waals surface area contributed by atoms with Crippen LogP contribution in [0.1, 0.15) is 37.7 Å². The molecule has 1 aliphatic carbocycles. The number of benzene rings is 1. The van der Waals surface area contributed by atoms with Gasteiger partial charge in [-0.1, -0.05) is 19.3 Å². The summed E-state index contributed by atoms with van der Waals surface area (Å²) in [5.74, 6) is 1.73. The summed E-state index contributed by atoms with van der Waals surface area (Å²) in [6, 6.07) is 12.3. The van der Waals surface area contributed by atoms with Gasteiger partial charge in [-0.05, 0) is 43.0 Å². The molecule has 1 heterocycles. The van der Waals surface area contributed by atoms with Crippen molar-refractivity contribution in [2.75, 3.05) is 12.3 Å². The van der Waals surface area contributed by atoms with Crippen molar-refractivity contribution in [3.63, 3.8) is 0 Å². The summed E-state index contributed by atoms with van der Waals surface area (Å²) in [4.78, 5) is 0. The molecule has 3 rings (SSSR count). The molecule has 1 aliphatic rings. The molecule has 1 aromatic heterocycles. The second-order valence-corrected chi connectivity index (χ2v) is 6.26. The van der Waals surface area contributed by atoms with E-state index >= 15 is 0 Å². The highest BCUT2D eigenvalue weighted by Crippen LogP contribution is 2.24. The molecule has 1 fully saturated rings. The fourth-order valence-electron chi connectivity index (χ4n) is 3.04. The van der Waals surface area contributed by atoms with Crippen molar-refractivity contribution < 1.29 is 9.30 Å². The molecule has 0 bridgehead atoms. The normalized spacial score (nSPS) is 15.6. The van der Waals surface area contributed by atoms with Gasteiger partial charge in [0.05, 0.1) is 6.61 Å². The first-order chi connectivity index (χ1) is 10.8. The molecule has 1 saturated carbocycles. The van der Waals surface area contributed by atoms with Crippen LogP contribution >= 0.6 is 0 Å². The van der Waals surface area contributed by atoms with Crippen LogP contribution in [-0.2, 0) is 6.54 Å². The Hall–Kier alpha value is -2.03. The Balaban J connectivity index is 1.52. The Morgan fingerprint density at radius 3 is 2.32 bits per heavy atom. The van der Waals surface area contributed by atoms with Crippen molar-refractivity contribution in [2.24, 2.45) is 5.92 Å². The molecule has 0 atom stereocenters. The van der Waals surface area contributed by atoms with Crippen molar-refractivity contribution in [3.05, 3.63) is 54.4 Å². The molecule has 2 N–H and O–H groups in total. The maximum absolute atomic E-state index is 5.94. The van der Waals surface area contributed by atoms with Gasteiger partial charge in [-0.2, -0.15) is 0 Å². The molecule has 0 aliphatic heterocycles. The second-order valence-electron chi connectivity index (χ2n) is 6.26. The average molecular weight is 297 g/mol. The Labute approximate surface area is 132 Å². The first kappa shape index (κ1) is 14.9. The smallest absolute Gasteiger partial charge is 0.173 e. The molecular formula is C19H25N2O+. The van der Waals surface area contributed by atoms with Crippen molar-refractivity contribution in [1.82, 2.24) is 0 Å². The zero-order valence-electron chi connectivity index (χ0n) is 13.1. The molecule has 22 heavy (non-hydrogen) atoms. The number of hydrogen-bond donors (Lipinski definition) is 1. The van der Waals surface area contributed by atoms with Gasteiger partial charge in [0, 0.05) is 23.4 Å². The number of ether oxygens (including phenoxy) is 1. The standard InChI is InChI=1S/C19H24N2O/c20-18-10-12-21(13-11-18)14-16-6-8-19(9-7-16)22-15-17-4-2-1-3-5-17/h6-13,17,20H,1-5,14-15H2/p+1. The zero-order valence-corrected chi connectivity index (χ0v) is 13.1. The minimum atomic E-state index is 0.749. The van der Waals surface area contributed by atoms with Gasteiger partial charge < -0.3 is 10.5 Å². The number of pyridine rings is 1. The van der Waals surface area contributed by atoms with Crippen LogP contribution in [0.5, 0.6) is 5.75 Å². The lowest BCUT2D eigenvalue weighted by atomic mass is 9.90. The Kier molecular flexibility index (Phi) is 4.94. The van der Waals surface area contributed by atoms with E-state index in [9.17, 15) is 0 Å². The lowest BCUT2D eigenvalue weighted by molar-refractivity contribution is -0.688. The van der Waals surface area contributed by atoms with Gasteiger partial charge in [0.15, 0.2) is 18.9 Å². The fourth-order valence-corrected chi connectivity index (χ4v) is 3.04. The molecule has 0 amide bonds. The SMILES string of the molecule is Nc1cc[n+](Cc2ccc(OCC3CCCCC3)cc2)cc1. The molecule has 116 valence electrons. The average Bonchev–Trinajstić information content (AvgIpc) is 2.57. The van der Waals surface area contributed by atoms with E-state index in [-0.39, 0.29) is 0 Å². The van der Waals surface area contributed by atoms with Crippen LogP contribution in [0.2, 0.25) is 0 Å². The third-order valence-electron chi connectivity index (χ3n) is 4.42. The van der Waals surface area contributed by atoms with E-state index in [2.05, 4.69) is 28.8 Å². The van der Waals surface area contributed by atoms with E-state index in [1.54, 1.807) is 0 Å². The van der Waals surface area contributed by atoms with Crippen LogP contribution in [0.3, 0.4) is 0 Å². The summed E-state index contributed by atoms with van der Waals surface area (Å²) in [5, 5.41) is 0. The monoisotopic (exact) mass is 297 g/mol. The predicted octanol–water partition coefficient (Wildman–Crippen LogP) is 3.56. The highest BCUT2D eigenvalue weighted by atomic mass is 16.5. The van der Waals surface area contributed by atoms with Crippen LogP contribution < -0.4 is 15.0 Å². The van der Waals surface area contributed by atoms with Gasteiger partial charge in [-0.25, -0.2) is 4.57 Å². The van der Waals surface area contributed by atoms with Crippen LogP contribution in [-0.4, -0.2) is 6.61 Å². The predicted molar refractivity (Wildman–Crippen MR) is 88.7 cm³/mol. The van der Waals surface area contributed by atoms with E-state index in [0.29, 0.717) is 0 Å². The highest BCUT2D eigenvalue weighted by molar-refractivity contribution is 5.32. The topological polar surface area (TPSA) is 39.1 Å². The summed E-state index contributed by atoms with van der Waals surface area (Å²) in [5.41, 5.74) is 7.76. The number of anilines is 1. The van der Waals surface area contributed by atoms with Gasteiger partial charge in [0.1, 0.15) is 5.75 Å². The molecule has 0 spiro atoms. The Morgan fingerprint density at radius 2 is 1.64 bits per heavy atom. The molecule has 0 unspecified atom stereocenters. The second kappa shape index (κ2) is 7.30. The first-order valence-corrected chi connectivity index (χ1v) is 8.26. The van der Waals surface area contributed by atoms with Crippen LogP contribution in [0.4, 0.5) is 5.69 Å². The number of nitrogens with two attached hydrogens (primary N) is 1. The molecule has 0 saturated heterocycles. The number of hydrogen-bond acceptors (Lipinski definition) is 2. The molecule has 2 aromatic rings. The molecule has 0 radical (unpaired) electrons. The number of nitrogen functional groups attached to an aromatic ring is 1. The summed E-state index contributed by atoms with van der Waals surface area (Å²) >= 11 is 0. The number of rotatable bonds is 5. The van der Waals surface area contributed by atoms with Gasteiger partial charge in [0.2, 0.25) is 0 Å². The van der Waals surface area contributed by atoms with Crippen LogP contribution in [0.15, 0.2) is 48.8 Å². The number of nitrogens with zero attached hydrogens (tertiary/aromatic N) is 1. The van der Waals surface area contributed by atoms with Gasteiger partial charge in [0.25, 0.3) is 0 Å². The molecular weight excluding hydrogens is 272 g/mol. The minimum Gasteiger partial charge on any atom is -0.493 e. The summed E-state index contributed by atoms with van der Waals surface area (Å²) < 4.78 is 8.06. The van der Waals surface area contributed by atoms with E-state index in [1.165, 1.54) is 37.7 Å². The fraction of sp³-hybridized carbons (Fsp3) is 0.421. The quantitative estimate of drug-likeness (QED) is 0.857. The van der Waals surface area contributed by atoms with Gasteiger partial charge >= 0.3 is 0 Å². The lowest BCUT2D eigenvalue weighted by Gasteiger charge is -2.21. The van der Waals surface area contributed by atoms with Crippen LogP contribution in [0.25, 0.3) is 0 Å². The maximum Gasteiger partial charge on any atom is 0.173 e. The van der Waals surface area contributed by atoms with Gasteiger partial charge in [-0.3, -0.25) is 0 Å². The molecule has 3 heteroatoms. The lowest BCUT2D eigenvalue weighted by Crippen LogP contribution is -2.33. The summed E-state index contributed by atoms with van der Waals surface area (Å²) in [6.45, 7) is 1.72. The van der Waals surface area contributed by atoms with E-state index in [1.807, 2.05) is 24.5 Å². The maximum atomic E-state index is 5.94. The third kappa shape index (κ3) is 4.23. The highest BCUT2D eigenvalue weighted by Gasteiger charge is 2.13.